The molecule has 18 nitrogen and oxygen atoms in total. The van der Waals surface area contributed by atoms with Gasteiger partial charge in [-0.1, -0.05) is 0 Å². The number of aliphatic carboxylic acids is 3. The molecule has 2 amide bonds. The molecule has 0 heterocycles. The van der Waals surface area contributed by atoms with Crippen LogP contribution in [0, 0.1) is 17.8 Å². The highest BCUT2D eigenvalue weighted by Crippen LogP contribution is 2.14. The summed E-state index contributed by atoms with van der Waals surface area (Å²) >= 11 is 0. The minimum absolute atomic E-state index is 0.0356. The lowest BCUT2D eigenvalue weighted by molar-refractivity contribution is -0.145. The van der Waals surface area contributed by atoms with Crippen LogP contribution in [-0.2, 0) is 62.1 Å². The summed E-state index contributed by atoms with van der Waals surface area (Å²) in [6.07, 6.45) is -0.777. The second kappa shape index (κ2) is 28.6. The lowest BCUT2D eigenvalue weighted by atomic mass is 9.96. The molecule has 0 aliphatic rings. The second-order valence-electron chi connectivity index (χ2n) is 11.8. The van der Waals surface area contributed by atoms with Gasteiger partial charge >= 0.3 is 17.9 Å². The Hall–Kier alpha value is -4.13. The van der Waals surface area contributed by atoms with Crippen LogP contribution in [-0.4, -0.2) is 134 Å². The van der Waals surface area contributed by atoms with Crippen molar-refractivity contribution >= 4 is 52.9 Å². The Kier molecular flexibility index (Phi) is 26.2. The molecular weight excluding hydrogens is 680 g/mol. The summed E-state index contributed by atoms with van der Waals surface area (Å²) in [7, 11) is 0. The van der Waals surface area contributed by atoms with E-state index < -0.39 is 53.1 Å². The first-order valence-corrected chi connectivity index (χ1v) is 16.7. The highest BCUT2D eigenvalue weighted by molar-refractivity contribution is 5.86. The van der Waals surface area contributed by atoms with Gasteiger partial charge < -0.3 is 54.5 Å². The minimum Gasteiger partial charge on any atom is -0.481 e. The van der Waals surface area contributed by atoms with Crippen molar-refractivity contribution in [3.63, 3.8) is 0 Å². The van der Waals surface area contributed by atoms with Crippen molar-refractivity contribution in [3.8, 4) is 0 Å². The Morgan fingerprint density at radius 1 is 0.471 bits per heavy atom. The maximum Gasteiger partial charge on any atom is 0.306 e. The summed E-state index contributed by atoms with van der Waals surface area (Å²) in [6, 6.07) is 0. The number of hydrogen-bond donors (Lipinski definition) is 5. The normalized spacial score (nSPS) is 12.7. The van der Waals surface area contributed by atoms with Crippen molar-refractivity contribution in [1.82, 2.24) is 10.6 Å². The van der Waals surface area contributed by atoms with E-state index in [1.165, 1.54) is 13.8 Å². The molecule has 290 valence electrons. The van der Waals surface area contributed by atoms with Gasteiger partial charge in [-0.15, -0.1) is 0 Å². The zero-order valence-electron chi connectivity index (χ0n) is 29.3. The van der Waals surface area contributed by atoms with Crippen LogP contribution in [0.1, 0.15) is 71.6 Å². The molecule has 0 aliphatic carbocycles. The Bertz CT molecular complexity index is 1160. The number of ether oxygens (including phenoxy) is 4. The van der Waals surface area contributed by atoms with Gasteiger partial charge in [0, 0.05) is 51.6 Å². The third-order valence-corrected chi connectivity index (χ3v) is 7.22. The molecule has 18 heteroatoms. The zero-order valence-corrected chi connectivity index (χ0v) is 29.3. The molecule has 0 aromatic carbocycles. The number of ketones is 4. The molecule has 0 aromatic heterocycles. The third-order valence-electron chi connectivity index (χ3n) is 7.22. The summed E-state index contributed by atoms with van der Waals surface area (Å²) in [6.45, 7) is 2.82. The lowest BCUT2D eigenvalue weighted by Gasteiger charge is -2.12. The van der Waals surface area contributed by atoms with Crippen molar-refractivity contribution in [2.75, 3.05) is 65.9 Å². The van der Waals surface area contributed by atoms with E-state index in [0.717, 1.165) is 0 Å². The fourth-order valence-electron chi connectivity index (χ4n) is 4.46. The molecule has 0 fully saturated rings. The maximum atomic E-state index is 12.2. The maximum absolute atomic E-state index is 12.2. The number of carbonyl (C=O) groups excluding carboxylic acids is 6. The first-order valence-electron chi connectivity index (χ1n) is 16.7. The predicted molar refractivity (Wildman–Crippen MR) is 176 cm³/mol. The molecule has 0 saturated heterocycles. The van der Waals surface area contributed by atoms with Crippen molar-refractivity contribution < 1.29 is 77.4 Å². The van der Waals surface area contributed by atoms with Crippen LogP contribution in [0.3, 0.4) is 0 Å². The van der Waals surface area contributed by atoms with Crippen LogP contribution in [0.15, 0.2) is 0 Å². The van der Waals surface area contributed by atoms with E-state index in [4.69, 9.17) is 24.1 Å². The Morgan fingerprint density at radius 2 is 0.824 bits per heavy atom. The SMILES string of the molecule is CC(=O)CC[C@H](CC(=O)COCCOCCNC(=O)CC[C@H](CC(=O)COCCOCCNC(=O)CC[C@H](CC(C)=O)C(=O)O)C(=O)O)C(=O)O. The van der Waals surface area contributed by atoms with E-state index in [9.17, 15) is 53.4 Å². The number of amides is 2. The molecule has 0 spiro atoms. The summed E-state index contributed by atoms with van der Waals surface area (Å²) < 4.78 is 21.0. The van der Waals surface area contributed by atoms with Crippen molar-refractivity contribution in [2.24, 2.45) is 17.8 Å². The Labute approximate surface area is 296 Å². The van der Waals surface area contributed by atoms with Crippen LogP contribution in [0.5, 0.6) is 0 Å². The number of rotatable bonds is 34. The van der Waals surface area contributed by atoms with Gasteiger partial charge in [0.25, 0.3) is 0 Å². The first-order chi connectivity index (χ1) is 24.1. The van der Waals surface area contributed by atoms with Gasteiger partial charge in [-0.2, -0.15) is 0 Å². The molecular formula is C33H52N2O16. The van der Waals surface area contributed by atoms with E-state index in [1.807, 2.05) is 0 Å². The summed E-state index contributed by atoms with van der Waals surface area (Å²) in [4.78, 5) is 104. The highest BCUT2D eigenvalue weighted by Gasteiger charge is 2.23. The summed E-state index contributed by atoms with van der Waals surface area (Å²) in [5, 5.41) is 32.9. The fourth-order valence-corrected chi connectivity index (χ4v) is 4.46. The van der Waals surface area contributed by atoms with E-state index in [0.29, 0.717) is 0 Å². The number of nitrogens with one attached hydrogen (secondary N) is 2. The number of carbonyl (C=O) groups is 9. The van der Waals surface area contributed by atoms with Crippen molar-refractivity contribution in [1.29, 1.82) is 0 Å². The molecule has 0 radical (unpaired) electrons. The molecule has 5 N–H and O–H groups in total. The quantitative estimate of drug-likeness (QED) is 0.0553. The molecule has 3 atom stereocenters. The first kappa shape index (κ1) is 46.9. The van der Waals surface area contributed by atoms with Crippen molar-refractivity contribution in [3.05, 3.63) is 0 Å². The van der Waals surface area contributed by atoms with Gasteiger partial charge in [-0.3, -0.25) is 33.6 Å². The van der Waals surface area contributed by atoms with E-state index >= 15 is 0 Å². The smallest absolute Gasteiger partial charge is 0.306 e. The number of hydrogen-bond acceptors (Lipinski definition) is 13. The standard InChI is InChI=1S/C33H52N2O16/c1-22(36)3-4-25(32(44)45)18-27(38)20-50-15-13-49-12-10-35-30(41)8-6-26(33(46)47)19-28(39)21-51-16-14-48-11-9-34-29(40)7-5-24(31(42)43)17-23(2)37/h24-26H,3-21H2,1-2H3,(H,34,40)(H,35,41)(H,42,43)(H,44,45)(H,46,47)/t24-,25-,26-/m1/s1. The Morgan fingerprint density at radius 3 is 1.18 bits per heavy atom. The van der Waals surface area contributed by atoms with E-state index in [-0.39, 0.29) is 141 Å². The molecule has 0 saturated carbocycles. The topological polar surface area (TPSA) is 275 Å². The van der Waals surface area contributed by atoms with Gasteiger partial charge in [-0.25, -0.2) is 0 Å². The van der Waals surface area contributed by atoms with E-state index in [2.05, 4.69) is 10.6 Å². The van der Waals surface area contributed by atoms with Gasteiger partial charge in [0.2, 0.25) is 11.8 Å². The van der Waals surface area contributed by atoms with E-state index in [1.54, 1.807) is 0 Å². The molecule has 51 heavy (non-hydrogen) atoms. The number of carboxylic acid groups (broad SMARTS) is 3. The number of Topliss-reactive ketones (excluding diaryl/α,β-unsaturated/α-hetero) is 4. The Balaban J connectivity index is 3.99. The van der Waals surface area contributed by atoms with Gasteiger partial charge in [-0.05, 0) is 33.1 Å². The molecule has 0 aromatic rings. The summed E-state index contributed by atoms with van der Waals surface area (Å²) in [5.74, 6) is -8.58. The van der Waals surface area contributed by atoms with Gasteiger partial charge in [0.1, 0.15) is 24.8 Å². The third kappa shape index (κ3) is 27.3. The second-order valence-corrected chi connectivity index (χ2v) is 11.8. The molecule has 0 rings (SSSR count). The largest absolute Gasteiger partial charge is 0.481 e. The predicted octanol–water partition coefficient (Wildman–Crippen LogP) is 0.215. The summed E-state index contributed by atoms with van der Waals surface area (Å²) in [5.41, 5.74) is 0. The number of carboxylic acids is 3. The average Bonchev–Trinajstić information content (AvgIpc) is 3.04. The van der Waals surface area contributed by atoms with Crippen LogP contribution in [0.25, 0.3) is 0 Å². The monoisotopic (exact) mass is 732 g/mol. The fraction of sp³-hybridized carbons (Fsp3) is 0.727. The van der Waals surface area contributed by atoms with Crippen LogP contribution in [0.2, 0.25) is 0 Å². The zero-order chi connectivity index (χ0) is 38.6. The molecule has 0 bridgehead atoms. The van der Waals surface area contributed by atoms with Gasteiger partial charge in [0.05, 0.1) is 57.4 Å². The van der Waals surface area contributed by atoms with Crippen LogP contribution >= 0.6 is 0 Å². The molecule has 0 unspecified atom stereocenters. The molecule has 0 aliphatic heterocycles. The minimum atomic E-state index is -1.23. The van der Waals surface area contributed by atoms with Crippen molar-refractivity contribution in [2.45, 2.75) is 71.6 Å². The van der Waals surface area contributed by atoms with Gasteiger partial charge in [0.15, 0.2) is 11.6 Å². The highest BCUT2D eigenvalue weighted by atomic mass is 16.5. The van der Waals surface area contributed by atoms with Crippen LogP contribution in [0.4, 0.5) is 0 Å². The lowest BCUT2D eigenvalue weighted by Crippen LogP contribution is -2.29. The average molecular weight is 733 g/mol. The van der Waals surface area contributed by atoms with Crippen LogP contribution < -0.4 is 10.6 Å².